The number of hydrogen-bond acceptors (Lipinski definition) is 5. The standard InChI is InChI=1S/C18H22FN5O2/c1-24-15-8-10(21-14-6-7-20-9-13(14)19)2-3-11(15)17(23-24)12-4-5-16(25)22-18(12)26/h2-3,8,12-14,20-21H,4-7,9H2,1H3,(H,22,25,26)/t12?,13-,14-/m1/s1. The van der Waals surface area contributed by atoms with Crippen LogP contribution in [0.3, 0.4) is 0 Å². The van der Waals surface area contributed by atoms with Gasteiger partial charge in [-0.25, -0.2) is 4.39 Å². The molecule has 1 unspecified atom stereocenters. The van der Waals surface area contributed by atoms with Crippen LogP contribution in [-0.2, 0) is 16.6 Å². The lowest BCUT2D eigenvalue weighted by Crippen LogP contribution is -2.45. The summed E-state index contributed by atoms with van der Waals surface area (Å²) >= 11 is 0. The molecule has 4 rings (SSSR count). The van der Waals surface area contributed by atoms with E-state index in [9.17, 15) is 14.0 Å². The van der Waals surface area contributed by atoms with E-state index in [1.807, 2.05) is 25.2 Å². The molecule has 0 bridgehead atoms. The zero-order valence-electron chi connectivity index (χ0n) is 14.6. The first-order valence-corrected chi connectivity index (χ1v) is 8.94. The van der Waals surface area contributed by atoms with Crippen molar-refractivity contribution < 1.29 is 14.0 Å². The summed E-state index contributed by atoms with van der Waals surface area (Å²) in [5.41, 5.74) is 2.40. The number of aromatic nitrogens is 2. The van der Waals surface area contributed by atoms with E-state index in [2.05, 4.69) is 21.0 Å². The van der Waals surface area contributed by atoms with Crippen molar-refractivity contribution >= 4 is 28.4 Å². The van der Waals surface area contributed by atoms with E-state index < -0.39 is 12.1 Å². The van der Waals surface area contributed by atoms with Crippen LogP contribution in [0.15, 0.2) is 18.2 Å². The second-order valence-electron chi connectivity index (χ2n) is 7.00. The number of fused-ring (bicyclic) bond motifs is 1. The minimum Gasteiger partial charge on any atom is -0.379 e. The minimum atomic E-state index is -0.926. The first kappa shape index (κ1) is 17.0. The Hall–Kier alpha value is -2.48. The summed E-state index contributed by atoms with van der Waals surface area (Å²) in [4.78, 5) is 23.6. The molecule has 3 heterocycles. The Bertz CT molecular complexity index is 865. The second kappa shape index (κ2) is 6.68. The molecule has 2 saturated heterocycles. The maximum atomic E-state index is 14.0. The van der Waals surface area contributed by atoms with Crippen LogP contribution in [-0.4, -0.2) is 46.9 Å². The molecule has 2 amide bonds. The predicted molar refractivity (Wildman–Crippen MR) is 95.6 cm³/mol. The molecule has 0 aliphatic carbocycles. The van der Waals surface area contributed by atoms with Crippen LogP contribution in [0.5, 0.6) is 0 Å². The van der Waals surface area contributed by atoms with Crippen molar-refractivity contribution in [2.75, 3.05) is 18.4 Å². The predicted octanol–water partition coefficient (Wildman–Crippen LogP) is 1.21. The smallest absolute Gasteiger partial charge is 0.235 e. The number of nitrogens with zero attached hydrogens (tertiary/aromatic N) is 2. The summed E-state index contributed by atoms with van der Waals surface area (Å²) in [6.07, 6.45) is 0.591. The lowest BCUT2D eigenvalue weighted by Gasteiger charge is -2.28. The van der Waals surface area contributed by atoms with Crippen molar-refractivity contribution in [1.82, 2.24) is 20.4 Å². The minimum absolute atomic E-state index is 0.212. The average molecular weight is 359 g/mol. The number of nitrogens with one attached hydrogen (secondary N) is 3. The maximum absolute atomic E-state index is 14.0. The van der Waals surface area contributed by atoms with E-state index in [1.165, 1.54) is 0 Å². The highest BCUT2D eigenvalue weighted by Crippen LogP contribution is 2.31. The quantitative estimate of drug-likeness (QED) is 0.717. The van der Waals surface area contributed by atoms with E-state index in [-0.39, 0.29) is 17.9 Å². The monoisotopic (exact) mass is 359 g/mol. The molecule has 2 aliphatic rings. The number of carbonyl (C=O) groups is 2. The molecule has 8 heteroatoms. The van der Waals surface area contributed by atoms with Gasteiger partial charge in [0.05, 0.1) is 23.2 Å². The number of piperidine rings is 2. The summed E-state index contributed by atoms with van der Waals surface area (Å²) in [7, 11) is 1.82. The molecule has 1 aromatic carbocycles. The Morgan fingerprint density at radius 2 is 2.15 bits per heavy atom. The third-order valence-corrected chi connectivity index (χ3v) is 5.21. The van der Waals surface area contributed by atoms with Crippen molar-refractivity contribution in [2.45, 2.75) is 37.4 Å². The molecule has 1 aromatic heterocycles. The van der Waals surface area contributed by atoms with Gasteiger partial charge in [-0.2, -0.15) is 5.10 Å². The van der Waals surface area contributed by atoms with Gasteiger partial charge < -0.3 is 10.6 Å². The second-order valence-corrected chi connectivity index (χ2v) is 7.00. The average Bonchev–Trinajstić information content (AvgIpc) is 2.93. The van der Waals surface area contributed by atoms with E-state index >= 15 is 0 Å². The van der Waals surface area contributed by atoms with Crippen molar-refractivity contribution in [1.29, 1.82) is 0 Å². The summed E-state index contributed by atoms with van der Waals surface area (Å²) in [6.45, 7) is 1.16. The van der Waals surface area contributed by atoms with Gasteiger partial charge in [-0.1, -0.05) is 0 Å². The lowest BCUT2D eigenvalue weighted by molar-refractivity contribution is -0.134. The summed E-state index contributed by atoms with van der Waals surface area (Å²) in [5, 5.41) is 14.1. The van der Waals surface area contributed by atoms with Gasteiger partial charge in [-0.05, 0) is 37.6 Å². The molecule has 138 valence electrons. The van der Waals surface area contributed by atoms with Gasteiger partial charge in [0.15, 0.2) is 0 Å². The van der Waals surface area contributed by atoms with Crippen molar-refractivity contribution in [3.63, 3.8) is 0 Å². The molecule has 7 nitrogen and oxygen atoms in total. The summed E-state index contributed by atoms with van der Waals surface area (Å²) < 4.78 is 15.8. The highest BCUT2D eigenvalue weighted by molar-refractivity contribution is 6.02. The van der Waals surface area contributed by atoms with E-state index in [0.717, 1.165) is 29.6 Å². The van der Waals surface area contributed by atoms with Gasteiger partial charge in [-0.15, -0.1) is 0 Å². The molecule has 3 atom stereocenters. The molecular weight excluding hydrogens is 337 g/mol. The van der Waals surface area contributed by atoms with Gasteiger partial charge >= 0.3 is 0 Å². The number of rotatable bonds is 3. The summed E-state index contributed by atoms with van der Waals surface area (Å²) in [5.74, 6) is -0.950. The Morgan fingerprint density at radius 1 is 1.31 bits per heavy atom. The molecule has 2 fully saturated rings. The largest absolute Gasteiger partial charge is 0.379 e. The van der Waals surface area contributed by atoms with Gasteiger partial charge in [0.2, 0.25) is 11.8 Å². The van der Waals surface area contributed by atoms with Crippen LogP contribution in [0.4, 0.5) is 10.1 Å². The van der Waals surface area contributed by atoms with Crippen molar-refractivity contribution in [2.24, 2.45) is 7.05 Å². The highest BCUT2D eigenvalue weighted by Gasteiger charge is 2.31. The molecule has 26 heavy (non-hydrogen) atoms. The SMILES string of the molecule is Cn1nc(C2CCC(=O)NC2=O)c2ccc(N[C@@H]3CCNC[C@H]3F)cc21. The van der Waals surface area contributed by atoms with Crippen LogP contribution in [0.25, 0.3) is 10.9 Å². The van der Waals surface area contributed by atoms with Crippen LogP contribution >= 0.6 is 0 Å². The van der Waals surface area contributed by atoms with Crippen LogP contribution in [0, 0.1) is 0 Å². The fourth-order valence-electron chi connectivity index (χ4n) is 3.78. The maximum Gasteiger partial charge on any atom is 0.235 e. The summed E-state index contributed by atoms with van der Waals surface area (Å²) in [6, 6.07) is 5.54. The first-order chi connectivity index (χ1) is 12.5. The van der Waals surface area contributed by atoms with Gasteiger partial charge in [0.1, 0.15) is 6.17 Å². The lowest BCUT2D eigenvalue weighted by atomic mass is 9.93. The number of amides is 2. The van der Waals surface area contributed by atoms with Crippen LogP contribution in [0.1, 0.15) is 30.9 Å². The topological polar surface area (TPSA) is 88.0 Å². The Labute approximate surface area is 150 Å². The third kappa shape index (κ3) is 3.05. The number of carbonyl (C=O) groups excluding carboxylic acids is 2. The number of alkyl halides is 1. The number of imide groups is 1. The molecule has 0 spiro atoms. The van der Waals surface area contributed by atoms with Crippen molar-refractivity contribution in [3.8, 4) is 0 Å². The van der Waals surface area contributed by atoms with E-state index in [1.54, 1.807) is 4.68 Å². The number of anilines is 1. The van der Waals surface area contributed by atoms with Crippen LogP contribution < -0.4 is 16.0 Å². The first-order valence-electron chi connectivity index (χ1n) is 8.94. The molecule has 0 saturated carbocycles. The normalized spacial score (nSPS) is 26.8. The molecule has 3 N–H and O–H groups in total. The van der Waals surface area contributed by atoms with Gasteiger partial charge in [0, 0.05) is 31.1 Å². The zero-order chi connectivity index (χ0) is 18.3. The third-order valence-electron chi connectivity index (χ3n) is 5.21. The molecule has 2 aromatic rings. The van der Waals surface area contributed by atoms with E-state index in [4.69, 9.17) is 0 Å². The molecular formula is C18H22FN5O2. The zero-order valence-corrected chi connectivity index (χ0v) is 14.6. The van der Waals surface area contributed by atoms with Gasteiger partial charge in [-0.3, -0.25) is 19.6 Å². The molecule has 0 radical (unpaired) electrons. The number of hydrogen-bond donors (Lipinski definition) is 3. The van der Waals surface area contributed by atoms with Gasteiger partial charge in [0.25, 0.3) is 0 Å². The molecule has 2 aliphatic heterocycles. The van der Waals surface area contributed by atoms with E-state index in [0.29, 0.717) is 25.1 Å². The Balaban J connectivity index is 1.62. The van der Waals surface area contributed by atoms with Crippen molar-refractivity contribution in [3.05, 3.63) is 23.9 Å². The Kier molecular flexibility index (Phi) is 4.36. The fraction of sp³-hybridized carbons (Fsp3) is 0.500. The highest BCUT2D eigenvalue weighted by atomic mass is 19.1. The number of halogens is 1. The number of benzene rings is 1. The Morgan fingerprint density at radius 3 is 2.92 bits per heavy atom. The fourth-order valence-corrected chi connectivity index (χ4v) is 3.78. The van der Waals surface area contributed by atoms with Crippen LogP contribution in [0.2, 0.25) is 0 Å². The number of aryl methyl sites for hydroxylation is 1.